The van der Waals surface area contributed by atoms with Crippen molar-refractivity contribution in [2.75, 3.05) is 12.4 Å². The minimum absolute atomic E-state index is 0.137. The topological polar surface area (TPSA) is 131 Å². The van der Waals surface area contributed by atoms with E-state index >= 15 is 0 Å². The second-order valence-electron chi connectivity index (χ2n) is 9.26. The van der Waals surface area contributed by atoms with E-state index in [1.807, 2.05) is 0 Å². The molecule has 41 heavy (non-hydrogen) atoms. The van der Waals surface area contributed by atoms with Crippen molar-refractivity contribution in [3.05, 3.63) is 76.8 Å². The normalized spacial score (nSPS) is 14.4. The third kappa shape index (κ3) is 12.3. The third-order valence-electron chi connectivity index (χ3n) is 6.02. The van der Waals surface area contributed by atoms with E-state index < -0.39 is 0 Å². The van der Waals surface area contributed by atoms with Crippen LogP contribution >= 0.6 is 23.1 Å². The zero-order chi connectivity index (χ0) is 29.1. The summed E-state index contributed by atoms with van der Waals surface area (Å²) >= 11 is 3.08. The van der Waals surface area contributed by atoms with E-state index in [1.54, 1.807) is 56.0 Å². The fourth-order valence-corrected chi connectivity index (χ4v) is 5.70. The van der Waals surface area contributed by atoms with Crippen LogP contribution in [-0.2, 0) is 17.6 Å². The van der Waals surface area contributed by atoms with Crippen LogP contribution in [0.15, 0.2) is 65.4 Å². The van der Waals surface area contributed by atoms with Gasteiger partial charge in [0, 0.05) is 62.3 Å². The molecule has 218 valence electrons. The maximum Gasteiger partial charge on any atom is 0.232 e. The molecule has 0 aromatic carbocycles. The molecule has 1 aliphatic rings. The van der Waals surface area contributed by atoms with Gasteiger partial charge in [-0.2, -0.15) is 0 Å². The summed E-state index contributed by atoms with van der Waals surface area (Å²) in [6.07, 6.45) is 23.4. The predicted octanol–water partition coefficient (Wildman–Crippen LogP) is 6.10. The molecule has 10 nitrogen and oxygen atoms in total. The molecule has 3 heterocycles. The molecule has 0 atom stereocenters. The monoisotopic (exact) mass is 593 g/mol. The van der Waals surface area contributed by atoms with Crippen molar-refractivity contribution in [1.29, 1.82) is 0 Å². The van der Waals surface area contributed by atoms with Crippen LogP contribution in [0.1, 0.15) is 81.1 Å². The minimum atomic E-state index is -0.137. The molecule has 2 N–H and O–H groups in total. The number of nitrogens with one attached hydrogen (secondary N) is 2. The van der Waals surface area contributed by atoms with Gasteiger partial charge in [-0.05, 0) is 31.1 Å². The Bertz CT molecular complexity index is 1260. The molecule has 0 spiro atoms. The molecular formula is C29H39N9OS2. The molecule has 3 aromatic heterocycles. The highest BCUT2D eigenvalue weighted by Crippen LogP contribution is 2.35. The first-order valence-corrected chi connectivity index (χ1v) is 15.7. The average Bonchev–Trinajstić information content (AvgIpc) is 3.47. The quantitative estimate of drug-likeness (QED) is 0.211. The molecular weight excluding hydrogens is 555 g/mol. The number of amides is 1. The highest BCUT2D eigenvalue weighted by molar-refractivity contribution is 8.16. The van der Waals surface area contributed by atoms with Gasteiger partial charge in [0.15, 0.2) is 5.17 Å². The first-order valence-electron chi connectivity index (χ1n) is 14.0. The number of thioether (sulfide) groups is 1. The highest BCUT2D eigenvalue weighted by atomic mass is 32.2. The maximum absolute atomic E-state index is 11.9. The minimum Gasteiger partial charge on any atom is -0.338 e. The number of anilines is 1. The lowest BCUT2D eigenvalue weighted by atomic mass is 9.90. The Morgan fingerprint density at radius 3 is 2.32 bits per heavy atom. The van der Waals surface area contributed by atoms with E-state index in [0.29, 0.717) is 16.7 Å². The first kappa shape index (κ1) is 32.0. The van der Waals surface area contributed by atoms with Gasteiger partial charge in [-0.3, -0.25) is 29.7 Å². The smallest absolute Gasteiger partial charge is 0.232 e. The second-order valence-corrected chi connectivity index (χ2v) is 11.2. The van der Waals surface area contributed by atoms with Gasteiger partial charge in [-0.25, -0.2) is 0 Å². The average molecular weight is 594 g/mol. The summed E-state index contributed by atoms with van der Waals surface area (Å²) in [4.78, 5) is 32.6. The Morgan fingerprint density at radius 2 is 1.71 bits per heavy atom. The Hall–Kier alpha value is -3.51. The molecule has 1 amide bonds. The van der Waals surface area contributed by atoms with Crippen LogP contribution in [0.3, 0.4) is 0 Å². The maximum atomic E-state index is 11.9. The SMILES string of the molecule is CC/C=C/SC(=NC)N/C(=C/CC)Cc1cnccn1.O=C(Cc1cnccn1)Nc1nnc(C2CCCCC2)s1. The van der Waals surface area contributed by atoms with Gasteiger partial charge in [0.05, 0.1) is 17.8 Å². The van der Waals surface area contributed by atoms with Crippen molar-refractivity contribution in [3.63, 3.8) is 0 Å². The molecule has 1 aliphatic carbocycles. The summed E-state index contributed by atoms with van der Waals surface area (Å²) in [5, 5.41) is 19.0. The van der Waals surface area contributed by atoms with Gasteiger partial charge >= 0.3 is 0 Å². The van der Waals surface area contributed by atoms with Gasteiger partial charge < -0.3 is 10.6 Å². The van der Waals surface area contributed by atoms with Gasteiger partial charge in [0.25, 0.3) is 0 Å². The first-order chi connectivity index (χ1) is 20.1. The third-order valence-corrected chi connectivity index (χ3v) is 7.86. The van der Waals surface area contributed by atoms with E-state index in [1.165, 1.54) is 43.4 Å². The van der Waals surface area contributed by atoms with Gasteiger partial charge in [0.1, 0.15) is 5.01 Å². The number of allylic oxidation sites excluding steroid dienone is 3. The van der Waals surface area contributed by atoms with Crippen LogP contribution in [0.5, 0.6) is 0 Å². The summed E-state index contributed by atoms with van der Waals surface area (Å²) in [5.41, 5.74) is 2.70. The highest BCUT2D eigenvalue weighted by Gasteiger charge is 2.20. The fraction of sp³-hybridized carbons (Fsp3) is 0.448. The Kier molecular flexibility index (Phi) is 14.7. The number of hydrogen-bond acceptors (Lipinski definition) is 10. The Morgan fingerprint density at radius 1 is 1.00 bits per heavy atom. The van der Waals surface area contributed by atoms with Crippen LogP contribution in [-0.4, -0.2) is 48.3 Å². The van der Waals surface area contributed by atoms with E-state index in [9.17, 15) is 4.79 Å². The van der Waals surface area contributed by atoms with E-state index in [-0.39, 0.29) is 12.3 Å². The molecule has 0 saturated heterocycles. The van der Waals surface area contributed by atoms with Gasteiger partial charge in [0.2, 0.25) is 11.0 Å². The molecule has 1 saturated carbocycles. The van der Waals surface area contributed by atoms with E-state index in [2.05, 4.69) is 77.2 Å². The molecule has 1 fully saturated rings. The molecule has 4 rings (SSSR count). The number of rotatable bonds is 10. The molecule has 0 aliphatic heterocycles. The second kappa shape index (κ2) is 18.8. The fourth-order valence-electron chi connectivity index (χ4n) is 4.06. The van der Waals surface area contributed by atoms with Crippen molar-refractivity contribution in [1.82, 2.24) is 35.5 Å². The van der Waals surface area contributed by atoms with Crippen molar-refractivity contribution in [3.8, 4) is 0 Å². The number of aromatic nitrogens is 6. The summed E-state index contributed by atoms with van der Waals surface area (Å²) in [6, 6.07) is 0. The summed E-state index contributed by atoms with van der Waals surface area (Å²) < 4.78 is 0. The van der Waals surface area contributed by atoms with E-state index in [0.717, 1.165) is 40.8 Å². The van der Waals surface area contributed by atoms with Gasteiger partial charge in [-0.1, -0.05) is 68.4 Å². The molecule has 0 radical (unpaired) electrons. The Labute approximate surface area is 250 Å². The summed E-state index contributed by atoms with van der Waals surface area (Å²) in [7, 11) is 1.79. The summed E-state index contributed by atoms with van der Waals surface area (Å²) in [6.45, 7) is 4.23. The lowest BCUT2D eigenvalue weighted by molar-refractivity contribution is -0.115. The number of carbonyl (C=O) groups excluding carboxylic acids is 1. The number of aliphatic imine (C=N–C) groups is 1. The number of nitrogens with zero attached hydrogens (tertiary/aromatic N) is 7. The largest absolute Gasteiger partial charge is 0.338 e. The molecule has 0 unspecified atom stereocenters. The van der Waals surface area contributed by atoms with Crippen LogP contribution < -0.4 is 10.6 Å². The molecule has 3 aromatic rings. The van der Waals surface area contributed by atoms with Crippen LogP contribution in [0.25, 0.3) is 0 Å². The van der Waals surface area contributed by atoms with E-state index in [4.69, 9.17) is 0 Å². The van der Waals surface area contributed by atoms with Crippen LogP contribution in [0, 0.1) is 0 Å². The summed E-state index contributed by atoms with van der Waals surface area (Å²) in [5.74, 6) is 0.378. The van der Waals surface area contributed by atoms with Crippen molar-refractivity contribution < 1.29 is 4.79 Å². The standard InChI is InChI=1S/C15H22N4S.C14H17N5OS/c1-4-6-10-20-15(16-3)19-13(7-5-2)11-14-12-17-8-9-18-14;20-12(8-11-9-15-6-7-16-11)17-14-19-18-13(21-14)10-4-2-1-3-5-10/h6-10,12H,4-5,11H2,1-3H3,(H,16,19);6-7,9-10H,1-5,8H2,(H,17,19,20)/b10-6+,13-7+;. The van der Waals surface area contributed by atoms with Crippen molar-refractivity contribution in [2.45, 2.75) is 77.6 Å². The zero-order valence-corrected chi connectivity index (χ0v) is 25.6. The van der Waals surface area contributed by atoms with Crippen molar-refractivity contribution in [2.24, 2.45) is 4.99 Å². The number of hydrogen-bond donors (Lipinski definition) is 2. The molecule has 12 heteroatoms. The number of carbonyl (C=O) groups is 1. The van der Waals surface area contributed by atoms with Gasteiger partial charge in [-0.15, -0.1) is 10.2 Å². The number of amidine groups is 1. The Balaban J connectivity index is 0.000000226. The lowest BCUT2D eigenvalue weighted by Crippen LogP contribution is -2.21. The zero-order valence-electron chi connectivity index (χ0n) is 24.0. The lowest BCUT2D eigenvalue weighted by Gasteiger charge is -2.18. The van der Waals surface area contributed by atoms with Crippen LogP contribution in [0.4, 0.5) is 5.13 Å². The van der Waals surface area contributed by atoms with Crippen LogP contribution in [0.2, 0.25) is 0 Å². The van der Waals surface area contributed by atoms with Crippen molar-refractivity contribution >= 4 is 39.3 Å². The molecule has 0 bridgehead atoms. The predicted molar refractivity (Wildman–Crippen MR) is 168 cm³/mol.